The van der Waals surface area contributed by atoms with E-state index in [4.69, 9.17) is 4.42 Å². The molecule has 0 aliphatic carbocycles. The van der Waals surface area contributed by atoms with Crippen LogP contribution in [-0.2, 0) is 11.2 Å². The van der Waals surface area contributed by atoms with Crippen LogP contribution in [0.4, 0.5) is 0 Å². The Morgan fingerprint density at radius 1 is 1.21 bits per heavy atom. The molecule has 0 unspecified atom stereocenters. The number of hydrogen-bond acceptors (Lipinski definition) is 3. The van der Waals surface area contributed by atoms with Crippen molar-refractivity contribution in [2.75, 3.05) is 6.54 Å². The Kier molecular flexibility index (Phi) is 7.06. The number of nitrogens with one attached hydrogen (secondary N) is 2. The molecule has 6 heteroatoms. The molecule has 1 heterocycles. The number of aryl methyl sites for hydroxylation is 1. The molecule has 128 valence electrons. The van der Waals surface area contributed by atoms with Gasteiger partial charge in [-0.2, -0.15) is 0 Å². The molecular weight excluding hydrogens is 372 g/mol. The fourth-order valence-corrected chi connectivity index (χ4v) is 2.49. The maximum Gasteiger partial charge on any atom is 0.251 e. The number of rotatable bonds is 8. The lowest BCUT2D eigenvalue weighted by Crippen LogP contribution is -2.35. The van der Waals surface area contributed by atoms with Crippen LogP contribution in [0, 0.1) is 0 Å². The quantitative estimate of drug-likeness (QED) is 0.723. The molecule has 0 fully saturated rings. The summed E-state index contributed by atoms with van der Waals surface area (Å²) in [6.45, 7) is 2.27. The molecule has 0 radical (unpaired) electrons. The van der Waals surface area contributed by atoms with Gasteiger partial charge in [0.2, 0.25) is 5.91 Å². The summed E-state index contributed by atoms with van der Waals surface area (Å²) in [6.07, 6.45) is 3.50. The normalized spacial score (nSPS) is 11.8. The SMILES string of the molecule is C[C@@H](CCc1ccco1)NC(=O)CCNC(=O)c1ccc(Br)cc1. The molecule has 0 aliphatic rings. The van der Waals surface area contributed by atoms with Crippen LogP contribution in [0.1, 0.15) is 35.9 Å². The highest BCUT2D eigenvalue weighted by atomic mass is 79.9. The van der Waals surface area contributed by atoms with Crippen LogP contribution in [0.25, 0.3) is 0 Å². The molecule has 2 rings (SSSR count). The maximum absolute atomic E-state index is 11.9. The van der Waals surface area contributed by atoms with Crippen LogP contribution in [0.15, 0.2) is 51.6 Å². The molecular formula is C18H21BrN2O3. The average Bonchev–Trinajstić information content (AvgIpc) is 3.07. The summed E-state index contributed by atoms with van der Waals surface area (Å²) in [5, 5.41) is 5.67. The van der Waals surface area contributed by atoms with Crippen LogP contribution in [0.5, 0.6) is 0 Å². The van der Waals surface area contributed by atoms with Crippen molar-refractivity contribution >= 4 is 27.7 Å². The average molecular weight is 393 g/mol. The van der Waals surface area contributed by atoms with Crippen molar-refractivity contribution in [1.82, 2.24) is 10.6 Å². The molecule has 2 amide bonds. The van der Waals surface area contributed by atoms with Gasteiger partial charge in [0.05, 0.1) is 6.26 Å². The molecule has 5 nitrogen and oxygen atoms in total. The Balaban J connectivity index is 1.63. The van der Waals surface area contributed by atoms with Crippen molar-refractivity contribution in [3.8, 4) is 0 Å². The van der Waals surface area contributed by atoms with Crippen LogP contribution in [0.2, 0.25) is 0 Å². The topological polar surface area (TPSA) is 71.3 Å². The first-order chi connectivity index (χ1) is 11.5. The van der Waals surface area contributed by atoms with E-state index in [1.807, 2.05) is 31.2 Å². The summed E-state index contributed by atoms with van der Waals surface area (Å²) >= 11 is 3.32. The minimum atomic E-state index is -0.179. The van der Waals surface area contributed by atoms with Crippen molar-refractivity contribution < 1.29 is 14.0 Å². The fraction of sp³-hybridized carbons (Fsp3) is 0.333. The zero-order valence-electron chi connectivity index (χ0n) is 13.5. The van der Waals surface area contributed by atoms with Gasteiger partial charge < -0.3 is 15.1 Å². The largest absolute Gasteiger partial charge is 0.469 e. The van der Waals surface area contributed by atoms with Crippen LogP contribution < -0.4 is 10.6 Å². The van der Waals surface area contributed by atoms with E-state index in [1.165, 1.54) is 0 Å². The molecule has 2 aromatic rings. The molecule has 0 spiro atoms. The number of furan rings is 1. The Bertz CT molecular complexity index is 653. The third kappa shape index (κ3) is 6.20. The van der Waals surface area contributed by atoms with Crippen molar-refractivity contribution in [3.05, 3.63) is 58.5 Å². The lowest BCUT2D eigenvalue weighted by Gasteiger charge is -2.13. The minimum absolute atomic E-state index is 0.0600. The zero-order chi connectivity index (χ0) is 17.4. The van der Waals surface area contributed by atoms with Gasteiger partial charge in [0.25, 0.3) is 5.91 Å². The van der Waals surface area contributed by atoms with E-state index in [-0.39, 0.29) is 24.3 Å². The second-order valence-corrected chi connectivity index (χ2v) is 6.52. The van der Waals surface area contributed by atoms with Gasteiger partial charge in [0, 0.05) is 35.5 Å². The first-order valence-electron chi connectivity index (χ1n) is 7.90. The van der Waals surface area contributed by atoms with Gasteiger partial charge in [-0.05, 0) is 49.7 Å². The van der Waals surface area contributed by atoms with Gasteiger partial charge in [-0.1, -0.05) is 15.9 Å². The highest BCUT2D eigenvalue weighted by Gasteiger charge is 2.10. The minimum Gasteiger partial charge on any atom is -0.469 e. The lowest BCUT2D eigenvalue weighted by atomic mass is 10.1. The van der Waals surface area contributed by atoms with Gasteiger partial charge >= 0.3 is 0 Å². The zero-order valence-corrected chi connectivity index (χ0v) is 15.1. The van der Waals surface area contributed by atoms with Crippen LogP contribution in [0.3, 0.4) is 0 Å². The fourth-order valence-electron chi connectivity index (χ4n) is 2.23. The first-order valence-corrected chi connectivity index (χ1v) is 8.69. The van der Waals surface area contributed by atoms with E-state index in [0.717, 1.165) is 23.1 Å². The summed E-state index contributed by atoms with van der Waals surface area (Å²) < 4.78 is 6.18. The third-order valence-electron chi connectivity index (χ3n) is 3.56. The van der Waals surface area contributed by atoms with Crippen molar-refractivity contribution in [2.24, 2.45) is 0 Å². The number of hydrogen-bond donors (Lipinski definition) is 2. The molecule has 1 atom stereocenters. The summed E-state index contributed by atoms with van der Waals surface area (Å²) in [5.74, 6) is 0.664. The second kappa shape index (κ2) is 9.27. The smallest absolute Gasteiger partial charge is 0.251 e. The summed E-state index contributed by atoms with van der Waals surface area (Å²) in [5.41, 5.74) is 0.574. The standard InChI is InChI=1S/C18H21BrN2O3/c1-13(4-9-16-3-2-12-24-16)21-17(22)10-11-20-18(23)14-5-7-15(19)8-6-14/h2-3,5-8,12-13H,4,9-11H2,1H3,(H,20,23)(H,21,22)/t13-/m0/s1. The molecule has 0 saturated heterocycles. The highest BCUT2D eigenvalue weighted by molar-refractivity contribution is 9.10. The first kappa shape index (κ1) is 18.3. The van der Waals surface area contributed by atoms with Gasteiger partial charge in [-0.25, -0.2) is 0 Å². The number of amides is 2. The van der Waals surface area contributed by atoms with Crippen LogP contribution >= 0.6 is 15.9 Å². The summed E-state index contributed by atoms with van der Waals surface area (Å²) in [4.78, 5) is 23.8. The van der Waals surface area contributed by atoms with Crippen LogP contribution in [-0.4, -0.2) is 24.4 Å². The summed E-state index contributed by atoms with van der Waals surface area (Å²) in [6, 6.07) is 10.9. The predicted molar refractivity (Wildman–Crippen MR) is 95.7 cm³/mol. The Labute approximate surface area is 149 Å². The molecule has 24 heavy (non-hydrogen) atoms. The highest BCUT2D eigenvalue weighted by Crippen LogP contribution is 2.10. The number of halogens is 1. The summed E-state index contributed by atoms with van der Waals surface area (Å²) in [7, 11) is 0. The van der Waals surface area contributed by atoms with E-state index < -0.39 is 0 Å². The predicted octanol–water partition coefficient (Wildman–Crippen LogP) is 3.30. The van der Waals surface area contributed by atoms with E-state index in [2.05, 4.69) is 26.6 Å². The van der Waals surface area contributed by atoms with E-state index >= 15 is 0 Å². The van der Waals surface area contributed by atoms with E-state index in [9.17, 15) is 9.59 Å². The molecule has 0 saturated carbocycles. The van der Waals surface area contributed by atoms with Crippen molar-refractivity contribution in [2.45, 2.75) is 32.2 Å². The van der Waals surface area contributed by atoms with E-state index in [0.29, 0.717) is 12.1 Å². The lowest BCUT2D eigenvalue weighted by molar-refractivity contribution is -0.121. The van der Waals surface area contributed by atoms with E-state index in [1.54, 1.807) is 18.4 Å². The molecule has 2 N–H and O–H groups in total. The number of benzene rings is 1. The second-order valence-electron chi connectivity index (χ2n) is 5.60. The van der Waals surface area contributed by atoms with Gasteiger partial charge in [-0.15, -0.1) is 0 Å². The number of carbonyl (C=O) groups is 2. The molecule has 1 aromatic heterocycles. The number of carbonyl (C=O) groups excluding carboxylic acids is 2. The molecule has 1 aromatic carbocycles. The van der Waals surface area contributed by atoms with Crippen molar-refractivity contribution in [1.29, 1.82) is 0 Å². The maximum atomic E-state index is 11.9. The van der Waals surface area contributed by atoms with Gasteiger partial charge in [0.15, 0.2) is 0 Å². The van der Waals surface area contributed by atoms with Crippen molar-refractivity contribution in [3.63, 3.8) is 0 Å². The van der Waals surface area contributed by atoms with Gasteiger partial charge in [0.1, 0.15) is 5.76 Å². The molecule has 0 aliphatic heterocycles. The van der Waals surface area contributed by atoms with Gasteiger partial charge in [-0.3, -0.25) is 9.59 Å². The monoisotopic (exact) mass is 392 g/mol. The Hall–Kier alpha value is -2.08. The Morgan fingerprint density at radius 3 is 2.62 bits per heavy atom. The third-order valence-corrected chi connectivity index (χ3v) is 4.08. The Morgan fingerprint density at radius 2 is 1.96 bits per heavy atom. The molecule has 0 bridgehead atoms.